The standard InChI is InChI=1S/C28H32N4O/c1-30-18-19-32-25-13-17-31(20-24(25)23-8-4-9-26(30)28(23)32)16-5-7-21-6-2-3-10-27(21)33-22-11-14-29-15-12-22/h2-4,6,8-12,14-15,24-25H,5,7,13,16-20H2,1H3. The second-order valence-electron chi connectivity index (χ2n) is 9.59. The third kappa shape index (κ3) is 3.84. The summed E-state index contributed by atoms with van der Waals surface area (Å²) in [6, 6.07) is 19.9. The van der Waals surface area contributed by atoms with Gasteiger partial charge in [0.25, 0.3) is 0 Å². The lowest BCUT2D eigenvalue weighted by atomic mass is 9.89. The van der Waals surface area contributed by atoms with E-state index in [4.69, 9.17) is 4.74 Å². The van der Waals surface area contributed by atoms with E-state index in [2.05, 4.69) is 63.1 Å². The van der Waals surface area contributed by atoms with E-state index >= 15 is 0 Å². The lowest BCUT2D eigenvalue weighted by molar-refractivity contribution is 0.191. The fourth-order valence-corrected chi connectivity index (χ4v) is 6.02. The molecule has 0 radical (unpaired) electrons. The average Bonchev–Trinajstić information content (AvgIpc) is 3.17. The Morgan fingerprint density at radius 3 is 2.76 bits per heavy atom. The fourth-order valence-electron chi connectivity index (χ4n) is 6.02. The molecule has 2 unspecified atom stereocenters. The molecule has 5 heteroatoms. The first-order chi connectivity index (χ1) is 16.3. The Kier molecular flexibility index (Phi) is 5.43. The molecule has 2 aromatic carbocycles. The van der Waals surface area contributed by atoms with E-state index in [0.717, 1.165) is 44.0 Å². The summed E-state index contributed by atoms with van der Waals surface area (Å²) in [4.78, 5) is 11.9. The summed E-state index contributed by atoms with van der Waals surface area (Å²) in [6.07, 6.45) is 6.99. The largest absolute Gasteiger partial charge is 0.457 e. The monoisotopic (exact) mass is 440 g/mol. The van der Waals surface area contributed by atoms with Crippen molar-refractivity contribution in [3.8, 4) is 11.5 Å². The molecule has 1 saturated heterocycles. The Bertz CT molecular complexity index is 1120. The van der Waals surface area contributed by atoms with Crippen LogP contribution in [0.3, 0.4) is 0 Å². The molecule has 1 aromatic heterocycles. The topological polar surface area (TPSA) is 31.8 Å². The van der Waals surface area contributed by atoms with E-state index in [1.54, 1.807) is 18.0 Å². The van der Waals surface area contributed by atoms with Gasteiger partial charge in [-0.3, -0.25) is 4.98 Å². The van der Waals surface area contributed by atoms with Crippen molar-refractivity contribution >= 4 is 11.4 Å². The van der Waals surface area contributed by atoms with Crippen molar-refractivity contribution in [2.45, 2.75) is 31.2 Å². The van der Waals surface area contributed by atoms with Gasteiger partial charge in [-0.15, -0.1) is 0 Å². The zero-order chi connectivity index (χ0) is 22.2. The molecule has 0 aliphatic carbocycles. The van der Waals surface area contributed by atoms with Crippen LogP contribution in [-0.2, 0) is 6.42 Å². The van der Waals surface area contributed by atoms with Crippen LogP contribution in [0.2, 0.25) is 0 Å². The number of hydrogen-bond acceptors (Lipinski definition) is 5. The van der Waals surface area contributed by atoms with Crippen molar-refractivity contribution in [3.63, 3.8) is 0 Å². The third-order valence-electron chi connectivity index (χ3n) is 7.65. The summed E-state index contributed by atoms with van der Waals surface area (Å²) in [6.45, 7) is 5.81. The van der Waals surface area contributed by atoms with Crippen LogP contribution in [0.4, 0.5) is 11.4 Å². The quantitative estimate of drug-likeness (QED) is 0.542. The number of nitrogens with zero attached hydrogens (tertiary/aromatic N) is 4. The van der Waals surface area contributed by atoms with Crippen molar-refractivity contribution < 1.29 is 4.74 Å². The smallest absolute Gasteiger partial charge is 0.130 e. The van der Waals surface area contributed by atoms with Crippen LogP contribution >= 0.6 is 0 Å². The Morgan fingerprint density at radius 1 is 0.970 bits per heavy atom. The molecule has 2 atom stereocenters. The van der Waals surface area contributed by atoms with E-state index < -0.39 is 0 Å². The van der Waals surface area contributed by atoms with Crippen LogP contribution in [0.25, 0.3) is 0 Å². The molecule has 0 amide bonds. The highest BCUT2D eigenvalue weighted by atomic mass is 16.5. The first-order valence-corrected chi connectivity index (χ1v) is 12.3. The van der Waals surface area contributed by atoms with Gasteiger partial charge in [0.05, 0.1) is 11.4 Å². The second-order valence-corrected chi connectivity index (χ2v) is 9.59. The number of aryl methyl sites for hydroxylation is 1. The van der Waals surface area contributed by atoms with Gasteiger partial charge >= 0.3 is 0 Å². The summed E-state index contributed by atoms with van der Waals surface area (Å²) in [5.74, 6) is 2.44. The predicted octanol–water partition coefficient (Wildman–Crippen LogP) is 4.93. The maximum Gasteiger partial charge on any atom is 0.130 e. The fraction of sp³-hybridized carbons (Fsp3) is 0.393. The molecule has 3 aliphatic heterocycles. The van der Waals surface area contributed by atoms with Gasteiger partial charge < -0.3 is 19.4 Å². The number of rotatable bonds is 6. The average molecular weight is 441 g/mol. The lowest BCUT2D eigenvalue weighted by Gasteiger charge is -2.41. The highest BCUT2D eigenvalue weighted by Gasteiger charge is 2.44. The molecule has 0 saturated carbocycles. The molecule has 5 nitrogen and oxygen atoms in total. The molecular weight excluding hydrogens is 408 g/mol. The minimum atomic E-state index is 0.641. The van der Waals surface area contributed by atoms with E-state index in [1.807, 2.05) is 18.2 Å². The molecule has 4 heterocycles. The molecular formula is C28H32N4O. The molecule has 1 fully saturated rings. The van der Waals surface area contributed by atoms with Crippen LogP contribution in [0.15, 0.2) is 67.0 Å². The predicted molar refractivity (Wildman–Crippen MR) is 134 cm³/mol. The van der Waals surface area contributed by atoms with E-state index in [-0.39, 0.29) is 0 Å². The minimum absolute atomic E-state index is 0.641. The number of aromatic nitrogens is 1. The van der Waals surface area contributed by atoms with Crippen LogP contribution < -0.4 is 14.5 Å². The number of likely N-dealkylation sites (tertiary alicyclic amines) is 1. The van der Waals surface area contributed by atoms with Gasteiger partial charge in [-0.05, 0) is 61.2 Å². The highest BCUT2D eigenvalue weighted by Crippen LogP contribution is 2.50. The summed E-state index contributed by atoms with van der Waals surface area (Å²) in [7, 11) is 2.23. The van der Waals surface area contributed by atoms with Gasteiger partial charge in [-0.2, -0.15) is 0 Å². The zero-order valence-corrected chi connectivity index (χ0v) is 19.4. The summed E-state index contributed by atoms with van der Waals surface area (Å²) in [5.41, 5.74) is 5.79. The van der Waals surface area contributed by atoms with Crippen LogP contribution in [0.1, 0.15) is 29.9 Å². The maximum atomic E-state index is 6.13. The lowest BCUT2D eigenvalue weighted by Crippen LogP contribution is -2.49. The Morgan fingerprint density at radius 2 is 1.85 bits per heavy atom. The number of piperidine rings is 1. The molecule has 0 bridgehead atoms. The molecule has 0 spiro atoms. The summed E-state index contributed by atoms with van der Waals surface area (Å²) in [5, 5.41) is 0. The van der Waals surface area contributed by atoms with Gasteiger partial charge in [0.2, 0.25) is 0 Å². The second kappa shape index (κ2) is 8.71. The summed E-state index contributed by atoms with van der Waals surface area (Å²) < 4.78 is 6.13. The Balaban J connectivity index is 1.10. The zero-order valence-electron chi connectivity index (χ0n) is 19.4. The van der Waals surface area contributed by atoms with Gasteiger partial charge in [0, 0.05) is 57.6 Å². The number of para-hydroxylation sites is 2. The van der Waals surface area contributed by atoms with Gasteiger partial charge in [-0.1, -0.05) is 30.3 Å². The molecule has 3 aromatic rings. The van der Waals surface area contributed by atoms with Crippen molar-refractivity contribution in [3.05, 3.63) is 78.1 Å². The third-order valence-corrected chi connectivity index (χ3v) is 7.65. The van der Waals surface area contributed by atoms with Crippen LogP contribution in [0, 0.1) is 0 Å². The van der Waals surface area contributed by atoms with E-state index in [0.29, 0.717) is 12.0 Å². The van der Waals surface area contributed by atoms with Crippen molar-refractivity contribution in [2.75, 3.05) is 49.6 Å². The SMILES string of the molecule is CN1CCN2c3c(cccc31)C1CN(CCCc3ccccc3Oc3ccncc3)CCC12. The molecule has 3 aliphatic rings. The number of likely N-dealkylation sites (N-methyl/N-ethyl adjacent to an activating group) is 1. The molecule has 33 heavy (non-hydrogen) atoms. The first kappa shape index (κ1) is 20.5. The van der Waals surface area contributed by atoms with Gasteiger partial charge in [-0.25, -0.2) is 0 Å². The van der Waals surface area contributed by atoms with Crippen molar-refractivity contribution in [1.82, 2.24) is 9.88 Å². The molecule has 0 N–H and O–H groups in total. The van der Waals surface area contributed by atoms with Gasteiger partial charge in [0.15, 0.2) is 0 Å². The number of anilines is 2. The maximum absolute atomic E-state index is 6.13. The highest BCUT2D eigenvalue weighted by molar-refractivity contribution is 5.80. The Hall–Kier alpha value is -3.05. The van der Waals surface area contributed by atoms with Crippen molar-refractivity contribution in [2.24, 2.45) is 0 Å². The van der Waals surface area contributed by atoms with E-state index in [9.17, 15) is 0 Å². The number of hydrogen-bond donors (Lipinski definition) is 0. The van der Waals surface area contributed by atoms with Gasteiger partial charge in [0.1, 0.15) is 11.5 Å². The Labute approximate surface area is 196 Å². The van der Waals surface area contributed by atoms with E-state index in [1.165, 1.54) is 36.4 Å². The number of fused-ring (bicyclic) bond motifs is 3. The molecule has 6 rings (SSSR count). The van der Waals surface area contributed by atoms with Crippen LogP contribution in [-0.4, -0.2) is 55.7 Å². The number of ether oxygens (including phenoxy) is 1. The summed E-state index contributed by atoms with van der Waals surface area (Å²) >= 11 is 0. The number of pyridine rings is 1. The first-order valence-electron chi connectivity index (χ1n) is 12.3. The van der Waals surface area contributed by atoms with Crippen LogP contribution in [0.5, 0.6) is 11.5 Å². The molecule has 170 valence electrons. The van der Waals surface area contributed by atoms with Crippen molar-refractivity contribution in [1.29, 1.82) is 0 Å². The normalized spacial score (nSPS) is 21.6. The minimum Gasteiger partial charge on any atom is -0.457 e. The number of benzene rings is 2.